The first-order chi connectivity index (χ1) is 8.79. The van der Waals surface area contributed by atoms with E-state index in [1.165, 1.54) is 18.2 Å². The van der Waals surface area contributed by atoms with Gasteiger partial charge in [-0.2, -0.15) is 13.2 Å². The second-order valence-electron chi connectivity index (χ2n) is 3.75. The summed E-state index contributed by atoms with van der Waals surface area (Å²) >= 11 is 11.6. The third-order valence-corrected chi connectivity index (χ3v) is 3.00. The first-order valence-electron chi connectivity index (χ1n) is 5.04. The molecule has 0 aliphatic rings. The summed E-state index contributed by atoms with van der Waals surface area (Å²) in [5.74, 6) is 0. The van der Waals surface area contributed by atoms with Crippen molar-refractivity contribution in [3.8, 4) is 11.1 Å². The van der Waals surface area contributed by atoms with Crippen molar-refractivity contribution in [2.24, 2.45) is 0 Å². The van der Waals surface area contributed by atoms with Crippen LogP contribution in [0.3, 0.4) is 0 Å². The van der Waals surface area contributed by atoms with Crippen LogP contribution >= 0.6 is 23.2 Å². The molecule has 7 heteroatoms. The van der Waals surface area contributed by atoms with E-state index in [-0.39, 0.29) is 16.1 Å². The third kappa shape index (κ3) is 2.93. The first-order valence-corrected chi connectivity index (χ1v) is 5.80. The second kappa shape index (κ2) is 4.90. The molecule has 1 N–H and O–H groups in total. The smallest absolute Gasteiger partial charge is 0.328 e. The average molecular weight is 308 g/mol. The van der Waals surface area contributed by atoms with Gasteiger partial charge in [0.25, 0.3) is 0 Å². The molecule has 0 aliphatic heterocycles. The molecule has 0 atom stereocenters. The molecule has 0 aliphatic carbocycles. The molecule has 2 rings (SSSR count). The molecule has 0 bridgehead atoms. The van der Waals surface area contributed by atoms with Gasteiger partial charge in [0, 0.05) is 33.4 Å². The van der Waals surface area contributed by atoms with Crippen LogP contribution in [0.15, 0.2) is 35.3 Å². The van der Waals surface area contributed by atoms with Gasteiger partial charge in [0.2, 0.25) is 5.56 Å². The number of alkyl halides is 3. The van der Waals surface area contributed by atoms with E-state index in [1.54, 1.807) is 0 Å². The normalized spacial score (nSPS) is 11.6. The minimum absolute atomic E-state index is 0.0450. The number of benzene rings is 1. The van der Waals surface area contributed by atoms with Crippen LogP contribution in [-0.2, 0) is 6.18 Å². The van der Waals surface area contributed by atoms with Crippen molar-refractivity contribution >= 4 is 23.2 Å². The van der Waals surface area contributed by atoms with Gasteiger partial charge in [0.15, 0.2) is 0 Å². The van der Waals surface area contributed by atoms with Gasteiger partial charge in [-0.3, -0.25) is 4.79 Å². The van der Waals surface area contributed by atoms with Gasteiger partial charge < -0.3 is 4.98 Å². The summed E-state index contributed by atoms with van der Waals surface area (Å²) < 4.78 is 38.7. The predicted octanol–water partition coefficient (Wildman–Crippen LogP) is 4.37. The maximum absolute atomic E-state index is 12.9. The fourth-order valence-electron chi connectivity index (χ4n) is 1.64. The maximum atomic E-state index is 12.9. The van der Waals surface area contributed by atoms with Crippen molar-refractivity contribution in [2.75, 3.05) is 0 Å². The summed E-state index contributed by atoms with van der Waals surface area (Å²) in [5, 5.41) is 0.343. The molecular formula is C12H6Cl2F3NO. The van der Waals surface area contributed by atoms with Crippen molar-refractivity contribution in [2.45, 2.75) is 6.18 Å². The Balaban J connectivity index is 2.74. The topological polar surface area (TPSA) is 32.9 Å². The SMILES string of the molecule is O=c1cc(-c2ccc(Cl)cc2Cl)c(C(F)(F)F)c[nH]1. The van der Waals surface area contributed by atoms with Crippen LogP contribution in [0.2, 0.25) is 10.0 Å². The highest BCUT2D eigenvalue weighted by molar-refractivity contribution is 6.36. The number of aromatic amines is 1. The van der Waals surface area contributed by atoms with Crippen LogP contribution in [0.4, 0.5) is 13.2 Å². The molecule has 1 heterocycles. The van der Waals surface area contributed by atoms with Crippen LogP contribution in [0.25, 0.3) is 11.1 Å². The Morgan fingerprint density at radius 2 is 1.74 bits per heavy atom. The quantitative estimate of drug-likeness (QED) is 0.834. The number of hydrogen-bond acceptors (Lipinski definition) is 1. The van der Waals surface area contributed by atoms with Gasteiger partial charge in [0.05, 0.1) is 5.56 Å². The first kappa shape index (κ1) is 14.0. The lowest BCUT2D eigenvalue weighted by Gasteiger charge is -2.13. The highest BCUT2D eigenvalue weighted by Gasteiger charge is 2.34. The number of aromatic nitrogens is 1. The standard InChI is InChI=1S/C12H6Cl2F3NO/c13-6-1-2-7(10(14)3-6)8-4-11(19)18-5-9(8)12(15,16)17/h1-5H,(H,18,19). The predicted molar refractivity (Wildman–Crippen MR) is 67.5 cm³/mol. The van der Waals surface area contributed by atoms with Gasteiger partial charge in [0.1, 0.15) is 0 Å². The van der Waals surface area contributed by atoms with Crippen molar-refractivity contribution in [1.82, 2.24) is 4.98 Å². The number of hydrogen-bond donors (Lipinski definition) is 1. The van der Waals surface area contributed by atoms with Gasteiger partial charge >= 0.3 is 6.18 Å². The van der Waals surface area contributed by atoms with E-state index in [0.717, 1.165) is 6.07 Å². The molecule has 2 aromatic rings. The Morgan fingerprint density at radius 3 is 2.32 bits per heavy atom. The molecule has 0 spiro atoms. The molecule has 2 nitrogen and oxygen atoms in total. The molecule has 0 radical (unpaired) electrons. The van der Waals surface area contributed by atoms with Crippen LogP contribution in [0, 0.1) is 0 Å². The lowest BCUT2D eigenvalue weighted by molar-refractivity contribution is -0.137. The fraction of sp³-hybridized carbons (Fsp3) is 0.0833. The van der Waals surface area contributed by atoms with Crippen LogP contribution in [-0.4, -0.2) is 4.98 Å². The lowest BCUT2D eigenvalue weighted by Crippen LogP contribution is -2.13. The molecule has 1 aromatic carbocycles. The molecular weight excluding hydrogens is 302 g/mol. The summed E-state index contributed by atoms with van der Waals surface area (Å²) in [7, 11) is 0. The molecule has 0 saturated carbocycles. The average Bonchev–Trinajstić information content (AvgIpc) is 2.27. The number of pyridine rings is 1. The van der Waals surface area contributed by atoms with E-state index >= 15 is 0 Å². The van der Waals surface area contributed by atoms with Crippen LogP contribution in [0.1, 0.15) is 5.56 Å². The monoisotopic (exact) mass is 307 g/mol. The van der Waals surface area contributed by atoms with E-state index in [1.807, 2.05) is 4.98 Å². The zero-order valence-electron chi connectivity index (χ0n) is 9.18. The molecule has 1 aromatic heterocycles. The molecule has 100 valence electrons. The highest BCUT2D eigenvalue weighted by Crippen LogP contribution is 2.38. The van der Waals surface area contributed by atoms with Gasteiger partial charge in [-0.15, -0.1) is 0 Å². The summed E-state index contributed by atoms with van der Waals surface area (Å²) in [4.78, 5) is 13.2. The Morgan fingerprint density at radius 1 is 1.05 bits per heavy atom. The van der Waals surface area contributed by atoms with Crippen molar-refractivity contribution in [3.63, 3.8) is 0 Å². The molecule has 0 amide bonds. The highest BCUT2D eigenvalue weighted by atomic mass is 35.5. The number of rotatable bonds is 1. The Labute approximate surface area is 115 Å². The maximum Gasteiger partial charge on any atom is 0.418 e. The minimum Gasteiger partial charge on any atom is -0.328 e. The van der Waals surface area contributed by atoms with Crippen molar-refractivity contribution in [3.05, 3.63) is 56.4 Å². The van der Waals surface area contributed by atoms with E-state index in [9.17, 15) is 18.0 Å². The van der Waals surface area contributed by atoms with E-state index in [4.69, 9.17) is 23.2 Å². The summed E-state index contributed by atoms with van der Waals surface area (Å²) in [5.41, 5.74) is -1.78. The summed E-state index contributed by atoms with van der Waals surface area (Å²) in [6, 6.07) is 4.93. The van der Waals surface area contributed by atoms with Crippen molar-refractivity contribution < 1.29 is 13.2 Å². The number of halogens is 5. The molecule has 19 heavy (non-hydrogen) atoms. The largest absolute Gasteiger partial charge is 0.418 e. The van der Waals surface area contributed by atoms with Gasteiger partial charge in [-0.05, 0) is 12.1 Å². The lowest BCUT2D eigenvalue weighted by atomic mass is 10.0. The van der Waals surface area contributed by atoms with Crippen molar-refractivity contribution in [1.29, 1.82) is 0 Å². The summed E-state index contributed by atoms with van der Waals surface area (Å²) in [6.07, 6.45) is -3.97. The van der Waals surface area contributed by atoms with Crippen LogP contribution < -0.4 is 5.56 Å². The van der Waals surface area contributed by atoms with Gasteiger partial charge in [-0.25, -0.2) is 0 Å². The van der Waals surface area contributed by atoms with E-state index in [2.05, 4.69) is 0 Å². The minimum atomic E-state index is -4.59. The molecule has 0 unspecified atom stereocenters. The third-order valence-electron chi connectivity index (χ3n) is 2.45. The van der Waals surface area contributed by atoms with Gasteiger partial charge in [-0.1, -0.05) is 29.3 Å². The molecule has 0 saturated heterocycles. The second-order valence-corrected chi connectivity index (χ2v) is 4.59. The fourth-order valence-corrected chi connectivity index (χ4v) is 2.15. The molecule has 0 fully saturated rings. The Hall–Kier alpha value is -1.46. The Bertz CT molecular complexity index is 679. The van der Waals surface area contributed by atoms with E-state index < -0.39 is 17.3 Å². The Kier molecular flexibility index (Phi) is 3.60. The van der Waals surface area contributed by atoms with Crippen LogP contribution in [0.5, 0.6) is 0 Å². The number of nitrogens with one attached hydrogen (secondary N) is 1. The zero-order chi connectivity index (χ0) is 14.2. The zero-order valence-corrected chi connectivity index (χ0v) is 10.7. The number of H-pyrrole nitrogens is 1. The summed E-state index contributed by atoms with van der Waals surface area (Å²) in [6.45, 7) is 0. The van der Waals surface area contributed by atoms with E-state index in [0.29, 0.717) is 11.2 Å².